The molecule has 1 aromatic carbocycles. The van der Waals surface area contributed by atoms with Crippen LogP contribution in [0.25, 0.3) is 21.8 Å². The maximum atomic E-state index is 11.4. The molecule has 16 heavy (non-hydrogen) atoms. The molecule has 0 fully saturated rings. The Morgan fingerprint density at radius 3 is 3.00 bits per heavy atom. The molecular formula is C12H9N3O. The predicted octanol–water partition coefficient (Wildman–Crippen LogP) is 2.24. The number of hydrogen-bond acceptors (Lipinski definition) is 3. The Morgan fingerprint density at radius 1 is 1.31 bits per heavy atom. The number of aromatic nitrogens is 3. The van der Waals surface area contributed by atoms with Crippen LogP contribution in [0, 0.1) is 0 Å². The quantitative estimate of drug-likeness (QED) is 0.573. The lowest BCUT2D eigenvalue weighted by molar-refractivity contribution is 0.0927. The highest BCUT2D eigenvalue weighted by Gasteiger charge is 2.09. The highest BCUT2D eigenvalue weighted by atomic mass is 16.2. The van der Waals surface area contributed by atoms with Crippen molar-refractivity contribution in [2.45, 2.75) is 6.92 Å². The monoisotopic (exact) mass is 211 g/mol. The molecule has 4 nitrogen and oxygen atoms in total. The molecule has 0 spiro atoms. The average Bonchev–Trinajstić information content (AvgIpc) is 2.73. The standard InChI is InChI=1S/C12H9N3O/c1-8(16)15-12-9(7-14-15)4-5-11-10(12)3-2-6-13-11/h2-7H,1H3. The van der Waals surface area contributed by atoms with Gasteiger partial charge in [-0.15, -0.1) is 0 Å². The fourth-order valence-electron chi connectivity index (χ4n) is 1.91. The second kappa shape index (κ2) is 3.13. The van der Waals surface area contributed by atoms with Crippen molar-refractivity contribution in [2.24, 2.45) is 0 Å². The number of rotatable bonds is 0. The molecule has 0 radical (unpaired) electrons. The van der Waals surface area contributed by atoms with Gasteiger partial charge in [-0.25, -0.2) is 0 Å². The average molecular weight is 211 g/mol. The molecule has 0 aliphatic rings. The van der Waals surface area contributed by atoms with Crippen LogP contribution in [-0.4, -0.2) is 20.7 Å². The normalized spacial score (nSPS) is 11.1. The van der Waals surface area contributed by atoms with Crippen molar-refractivity contribution in [1.82, 2.24) is 14.8 Å². The molecule has 3 aromatic rings. The molecule has 78 valence electrons. The minimum atomic E-state index is -0.0913. The van der Waals surface area contributed by atoms with Crippen LogP contribution in [0.1, 0.15) is 11.7 Å². The van der Waals surface area contributed by atoms with Gasteiger partial charge in [0.1, 0.15) is 0 Å². The summed E-state index contributed by atoms with van der Waals surface area (Å²) in [6.07, 6.45) is 3.44. The van der Waals surface area contributed by atoms with E-state index in [-0.39, 0.29) is 5.91 Å². The van der Waals surface area contributed by atoms with Crippen LogP contribution in [0.2, 0.25) is 0 Å². The highest BCUT2D eigenvalue weighted by molar-refractivity contribution is 6.07. The van der Waals surface area contributed by atoms with Gasteiger partial charge in [0.05, 0.1) is 17.2 Å². The number of hydrogen-bond donors (Lipinski definition) is 0. The van der Waals surface area contributed by atoms with Crippen molar-refractivity contribution >= 4 is 27.7 Å². The molecule has 0 N–H and O–H groups in total. The van der Waals surface area contributed by atoms with Crippen LogP contribution >= 0.6 is 0 Å². The van der Waals surface area contributed by atoms with E-state index in [4.69, 9.17) is 0 Å². The van der Waals surface area contributed by atoms with E-state index >= 15 is 0 Å². The Morgan fingerprint density at radius 2 is 2.19 bits per heavy atom. The van der Waals surface area contributed by atoms with Crippen LogP contribution in [0.15, 0.2) is 36.7 Å². The summed E-state index contributed by atoms with van der Waals surface area (Å²) >= 11 is 0. The molecule has 2 aromatic heterocycles. The second-order valence-corrected chi connectivity index (χ2v) is 3.65. The first kappa shape index (κ1) is 9.03. The molecule has 0 atom stereocenters. The van der Waals surface area contributed by atoms with Crippen LogP contribution in [-0.2, 0) is 0 Å². The maximum Gasteiger partial charge on any atom is 0.244 e. The van der Waals surface area contributed by atoms with E-state index in [1.807, 2.05) is 24.3 Å². The van der Waals surface area contributed by atoms with Gasteiger partial charge in [0, 0.05) is 23.9 Å². The van der Waals surface area contributed by atoms with Gasteiger partial charge in [0.15, 0.2) is 0 Å². The molecule has 0 aliphatic heterocycles. The Labute approximate surface area is 91.5 Å². The van der Waals surface area contributed by atoms with E-state index in [0.717, 1.165) is 21.8 Å². The molecule has 0 unspecified atom stereocenters. The predicted molar refractivity (Wildman–Crippen MR) is 61.3 cm³/mol. The van der Waals surface area contributed by atoms with Crippen molar-refractivity contribution in [1.29, 1.82) is 0 Å². The fourth-order valence-corrected chi connectivity index (χ4v) is 1.91. The highest BCUT2D eigenvalue weighted by Crippen LogP contribution is 2.23. The number of fused-ring (bicyclic) bond motifs is 3. The lowest BCUT2D eigenvalue weighted by Crippen LogP contribution is -2.06. The number of benzene rings is 1. The molecule has 0 bridgehead atoms. The number of pyridine rings is 1. The summed E-state index contributed by atoms with van der Waals surface area (Å²) in [5.41, 5.74) is 1.70. The lowest BCUT2D eigenvalue weighted by Gasteiger charge is -2.01. The van der Waals surface area contributed by atoms with Crippen molar-refractivity contribution in [3.63, 3.8) is 0 Å². The second-order valence-electron chi connectivity index (χ2n) is 3.65. The topological polar surface area (TPSA) is 47.8 Å². The van der Waals surface area contributed by atoms with Gasteiger partial charge in [0.2, 0.25) is 5.91 Å². The summed E-state index contributed by atoms with van der Waals surface area (Å²) < 4.78 is 1.42. The zero-order valence-corrected chi connectivity index (χ0v) is 8.71. The number of carbonyl (C=O) groups is 1. The summed E-state index contributed by atoms with van der Waals surface area (Å²) in [7, 11) is 0. The van der Waals surface area contributed by atoms with E-state index in [2.05, 4.69) is 10.1 Å². The summed E-state index contributed by atoms with van der Waals surface area (Å²) in [5.74, 6) is -0.0913. The first-order chi connectivity index (χ1) is 7.77. The largest absolute Gasteiger partial charge is 0.273 e. The molecule has 0 saturated carbocycles. The zero-order chi connectivity index (χ0) is 11.1. The summed E-state index contributed by atoms with van der Waals surface area (Å²) in [6.45, 7) is 1.50. The van der Waals surface area contributed by atoms with Crippen LogP contribution in [0.4, 0.5) is 0 Å². The first-order valence-corrected chi connectivity index (χ1v) is 5.00. The summed E-state index contributed by atoms with van der Waals surface area (Å²) in [6, 6.07) is 7.67. The van der Waals surface area contributed by atoms with Crippen LogP contribution in [0.5, 0.6) is 0 Å². The number of nitrogens with zero attached hydrogens (tertiary/aromatic N) is 3. The van der Waals surface area contributed by atoms with Gasteiger partial charge in [-0.05, 0) is 24.3 Å². The maximum absolute atomic E-state index is 11.4. The Hall–Kier alpha value is -2.23. The van der Waals surface area contributed by atoms with Gasteiger partial charge >= 0.3 is 0 Å². The Balaban J connectivity index is 2.56. The molecule has 3 rings (SSSR count). The van der Waals surface area contributed by atoms with E-state index < -0.39 is 0 Å². The first-order valence-electron chi connectivity index (χ1n) is 5.00. The van der Waals surface area contributed by atoms with Gasteiger partial charge in [0.25, 0.3) is 0 Å². The fraction of sp³-hybridized carbons (Fsp3) is 0.0833. The third kappa shape index (κ3) is 1.13. The lowest BCUT2D eigenvalue weighted by atomic mass is 10.1. The SMILES string of the molecule is CC(=O)n1ncc2ccc3ncccc3c21. The van der Waals surface area contributed by atoms with Gasteiger partial charge in [-0.3, -0.25) is 9.78 Å². The molecule has 2 heterocycles. The smallest absolute Gasteiger partial charge is 0.244 e. The molecule has 0 amide bonds. The van der Waals surface area contributed by atoms with Crippen molar-refractivity contribution < 1.29 is 4.79 Å². The van der Waals surface area contributed by atoms with Gasteiger partial charge in [-0.1, -0.05) is 0 Å². The zero-order valence-electron chi connectivity index (χ0n) is 8.71. The molecule has 0 saturated heterocycles. The molecule has 4 heteroatoms. The van der Waals surface area contributed by atoms with E-state index in [0.29, 0.717) is 0 Å². The third-order valence-corrected chi connectivity index (χ3v) is 2.61. The molecule has 0 aliphatic carbocycles. The van der Waals surface area contributed by atoms with Crippen LogP contribution < -0.4 is 0 Å². The minimum absolute atomic E-state index is 0.0913. The van der Waals surface area contributed by atoms with Crippen molar-refractivity contribution in [2.75, 3.05) is 0 Å². The van der Waals surface area contributed by atoms with E-state index in [1.165, 1.54) is 11.6 Å². The van der Waals surface area contributed by atoms with Crippen molar-refractivity contribution in [3.05, 3.63) is 36.7 Å². The van der Waals surface area contributed by atoms with Gasteiger partial charge in [-0.2, -0.15) is 9.78 Å². The van der Waals surface area contributed by atoms with E-state index in [1.54, 1.807) is 12.4 Å². The Bertz CT molecular complexity index is 700. The van der Waals surface area contributed by atoms with Gasteiger partial charge < -0.3 is 0 Å². The third-order valence-electron chi connectivity index (χ3n) is 2.61. The number of carbonyl (C=O) groups excluding carboxylic acids is 1. The summed E-state index contributed by atoms with van der Waals surface area (Å²) in [5, 5.41) is 5.99. The summed E-state index contributed by atoms with van der Waals surface area (Å²) in [4.78, 5) is 15.7. The Kier molecular flexibility index (Phi) is 1.77. The van der Waals surface area contributed by atoms with Crippen molar-refractivity contribution in [3.8, 4) is 0 Å². The minimum Gasteiger partial charge on any atom is -0.273 e. The van der Waals surface area contributed by atoms with E-state index in [9.17, 15) is 4.79 Å². The molecular weight excluding hydrogens is 202 g/mol. The van der Waals surface area contributed by atoms with Crippen LogP contribution in [0.3, 0.4) is 0 Å².